The van der Waals surface area contributed by atoms with E-state index in [0.717, 1.165) is 18.8 Å². The molecule has 0 spiro atoms. The van der Waals surface area contributed by atoms with Gasteiger partial charge in [0.15, 0.2) is 5.82 Å². The Balaban J connectivity index is 1.53. The Labute approximate surface area is 158 Å². The van der Waals surface area contributed by atoms with Crippen molar-refractivity contribution in [1.29, 1.82) is 0 Å². The minimum Gasteiger partial charge on any atom is -0.372 e. The zero-order chi connectivity index (χ0) is 18.7. The maximum Gasteiger partial charge on any atom is 0.234 e. The van der Waals surface area contributed by atoms with Crippen LogP contribution in [0.5, 0.6) is 0 Å². The zero-order valence-corrected chi connectivity index (χ0v) is 16.3. The molecule has 7 nitrogen and oxygen atoms in total. The number of aromatic nitrogens is 3. The molecule has 1 aromatic heterocycles. The summed E-state index contributed by atoms with van der Waals surface area (Å²) in [5.41, 5.74) is 1.81. The summed E-state index contributed by atoms with van der Waals surface area (Å²) in [6, 6.07) is 8.00. The van der Waals surface area contributed by atoms with Crippen LogP contribution in [0.1, 0.15) is 39.4 Å². The molecule has 26 heavy (non-hydrogen) atoms. The molecule has 140 valence electrons. The SMILES string of the molecule is CC(C)(C)c1nnc(SCC(=O)Nc2ccc(N3CCCC3)cc2)n1N. The normalized spacial score (nSPS) is 14.7. The van der Waals surface area contributed by atoms with Crippen molar-refractivity contribution < 1.29 is 4.79 Å². The minimum absolute atomic E-state index is 0.0933. The number of nitrogens with two attached hydrogens (primary N) is 1. The third-order valence-electron chi connectivity index (χ3n) is 4.29. The average molecular weight is 375 g/mol. The number of carbonyl (C=O) groups excluding carboxylic acids is 1. The molecule has 1 aliphatic heterocycles. The van der Waals surface area contributed by atoms with Crippen molar-refractivity contribution in [3.8, 4) is 0 Å². The molecule has 2 heterocycles. The number of thioether (sulfide) groups is 1. The molecule has 3 rings (SSSR count). The van der Waals surface area contributed by atoms with Crippen LogP contribution in [0.15, 0.2) is 29.4 Å². The number of nitrogens with zero attached hydrogens (tertiary/aromatic N) is 4. The lowest BCUT2D eigenvalue weighted by Crippen LogP contribution is -2.24. The minimum atomic E-state index is -0.195. The Morgan fingerprint density at radius 1 is 1.19 bits per heavy atom. The van der Waals surface area contributed by atoms with Crippen LogP contribution >= 0.6 is 11.8 Å². The summed E-state index contributed by atoms with van der Waals surface area (Å²) in [6.07, 6.45) is 2.50. The standard InChI is InChI=1S/C18H26N6OS/c1-18(2,3)16-21-22-17(24(16)19)26-12-15(25)20-13-6-8-14(9-7-13)23-10-4-5-11-23/h6-9H,4-5,10-12,19H2,1-3H3,(H,20,25). The maximum absolute atomic E-state index is 12.2. The van der Waals surface area contributed by atoms with E-state index in [1.807, 2.05) is 32.9 Å². The van der Waals surface area contributed by atoms with Crippen molar-refractivity contribution >= 4 is 29.0 Å². The fourth-order valence-corrected chi connectivity index (χ4v) is 3.60. The first-order valence-corrected chi connectivity index (χ1v) is 9.82. The van der Waals surface area contributed by atoms with Gasteiger partial charge < -0.3 is 16.1 Å². The number of nitrogen functional groups attached to an aromatic ring is 1. The van der Waals surface area contributed by atoms with E-state index in [0.29, 0.717) is 11.0 Å². The van der Waals surface area contributed by atoms with Crippen LogP contribution < -0.4 is 16.1 Å². The smallest absolute Gasteiger partial charge is 0.234 e. The van der Waals surface area contributed by atoms with Gasteiger partial charge in [-0.05, 0) is 37.1 Å². The van der Waals surface area contributed by atoms with Gasteiger partial charge in [-0.1, -0.05) is 32.5 Å². The number of hydrogen-bond acceptors (Lipinski definition) is 6. The molecule has 0 radical (unpaired) electrons. The van der Waals surface area contributed by atoms with Gasteiger partial charge in [0.25, 0.3) is 0 Å². The molecule has 0 aliphatic carbocycles. The van der Waals surface area contributed by atoms with E-state index in [2.05, 4.69) is 32.5 Å². The summed E-state index contributed by atoms with van der Waals surface area (Å²) in [6.45, 7) is 8.28. The van der Waals surface area contributed by atoms with E-state index >= 15 is 0 Å². The lowest BCUT2D eigenvalue weighted by atomic mass is 9.96. The Morgan fingerprint density at radius 2 is 1.85 bits per heavy atom. The van der Waals surface area contributed by atoms with E-state index in [1.54, 1.807) is 0 Å². The van der Waals surface area contributed by atoms with Gasteiger partial charge >= 0.3 is 0 Å². The van der Waals surface area contributed by atoms with Crippen molar-refractivity contribution in [2.75, 3.05) is 34.9 Å². The highest BCUT2D eigenvalue weighted by atomic mass is 32.2. The molecule has 0 unspecified atom stereocenters. The summed E-state index contributed by atoms with van der Waals surface area (Å²) in [4.78, 5) is 14.6. The van der Waals surface area contributed by atoms with Crippen LogP contribution in [0.4, 0.5) is 11.4 Å². The Kier molecular flexibility index (Phi) is 5.41. The van der Waals surface area contributed by atoms with Crippen LogP contribution in [0, 0.1) is 0 Å². The predicted molar refractivity (Wildman–Crippen MR) is 106 cm³/mol. The van der Waals surface area contributed by atoms with E-state index in [4.69, 9.17) is 5.84 Å². The summed E-state index contributed by atoms with van der Waals surface area (Å²) in [7, 11) is 0. The summed E-state index contributed by atoms with van der Waals surface area (Å²) in [5.74, 6) is 6.87. The van der Waals surface area contributed by atoms with Gasteiger partial charge in [-0.25, -0.2) is 4.68 Å². The first-order chi connectivity index (χ1) is 12.3. The molecule has 0 atom stereocenters. The number of benzene rings is 1. The van der Waals surface area contributed by atoms with Gasteiger partial charge in [-0.15, -0.1) is 10.2 Å². The predicted octanol–water partition coefficient (Wildman–Crippen LogP) is 2.62. The monoisotopic (exact) mass is 374 g/mol. The van der Waals surface area contributed by atoms with Gasteiger partial charge in [0.2, 0.25) is 11.1 Å². The molecular weight excluding hydrogens is 348 g/mol. The van der Waals surface area contributed by atoms with Crippen molar-refractivity contribution in [2.45, 2.75) is 44.2 Å². The van der Waals surface area contributed by atoms with Gasteiger partial charge in [0.1, 0.15) is 0 Å². The number of hydrogen-bond donors (Lipinski definition) is 2. The van der Waals surface area contributed by atoms with Gasteiger partial charge in [0.05, 0.1) is 5.75 Å². The second kappa shape index (κ2) is 7.57. The molecule has 1 saturated heterocycles. The molecular formula is C18H26N6OS. The third-order valence-corrected chi connectivity index (χ3v) is 5.23. The molecule has 0 bridgehead atoms. The molecule has 2 aromatic rings. The number of rotatable bonds is 5. The van der Waals surface area contributed by atoms with Crippen LogP contribution in [-0.4, -0.2) is 39.6 Å². The molecule has 1 aliphatic rings. The highest BCUT2D eigenvalue weighted by Gasteiger charge is 2.23. The van der Waals surface area contributed by atoms with Gasteiger partial charge in [0, 0.05) is 29.9 Å². The Bertz CT molecular complexity index is 759. The molecule has 3 N–H and O–H groups in total. The molecule has 0 saturated carbocycles. The second-order valence-corrected chi connectivity index (χ2v) is 8.45. The summed E-state index contributed by atoms with van der Waals surface area (Å²) >= 11 is 1.28. The topological polar surface area (TPSA) is 89.1 Å². The number of amides is 1. The van der Waals surface area contributed by atoms with Crippen LogP contribution in [0.2, 0.25) is 0 Å². The van der Waals surface area contributed by atoms with Crippen molar-refractivity contribution in [3.63, 3.8) is 0 Å². The third kappa shape index (κ3) is 4.30. The van der Waals surface area contributed by atoms with Crippen molar-refractivity contribution in [1.82, 2.24) is 14.9 Å². The fourth-order valence-electron chi connectivity index (χ4n) is 2.94. The van der Waals surface area contributed by atoms with Gasteiger partial charge in [-0.2, -0.15) is 0 Å². The van der Waals surface area contributed by atoms with Crippen LogP contribution in [0.25, 0.3) is 0 Å². The van der Waals surface area contributed by atoms with E-state index in [1.165, 1.54) is 35.0 Å². The Morgan fingerprint density at radius 3 is 2.42 bits per heavy atom. The lowest BCUT2D eigenvalue weighted by molar-refractivity contribution is -0.113. The first-order valence-electron chi connectivity index (χ1n) is 8.83. The van der Waals surface area contributed by atoms with E-state index in [-0.39, 0.29) is 17.1 Å². The highest BCUT2D eigenvalue weighted by Crippen LogP contribution is 2.24. The molecule has 1 fully saturated rings. The van der Waals surface area contributed by atoms with Crippen molar-refractivity contribution in [3.05, 3.63) is 30.1 Å². The van der Waals surface area contributed by atoms with Gasteiger partial charge in [-0.3, -0.25) is 4.79 Å². The quantitative estimate of drug-likeness (QED) is 0.618. The van der Waals surface area contributed by atoms with Crippen molar-refractivity contribution in [2.24, 2.45) is 0 Å². The fraction of sp³-hybridized carbons (Fsp3) is 0.500. The zero-order valence-electron chi connectivity index (χ0n) is 15.5. The largest absolute Gasteiger partial charge is 0.372 e. The first kappa shape index (κ1) is 18.6. The Hall–Kier alpha value is -2.22. The number of carbonyl (C=O) groups is 1. The molecule has 8 heteroatoms. The molecule has 1 amide bonds. The van der Waals surface area contributed by atoms with Crippen LogP contribution in [0.3, 0.4) is 0 Å². The number of nitrogens with one attached hydrogen (secondary N) is 1. The summed E-state index contributed by atoms with van der Waals surface area (Å²) < 4.78 is 1.46. The lowest BCUT2D eigenvalue weighted by Gasteiger charge is -2.17. The summed E-state index contributed by atoms with van der Waals surface area (Å²) in [5, 5.41) is 11.7. The maximum atomic E-state index is 12.2. The average Bonchev–Trinajstić information content (AvgIpc) is 3.23. The van der Waals surface area contributed by atoms with Crippen LogP contribution in [-0.2, 0) is 10.2 Å². The van der Waals surface area contributed by atoms with E-state index < -0.39 is 0 Å². The number of anilines is 2. The molecule has 1 aromatic carbocycles. The highest BCUT2D eigenvalue weighted by molar-refractivity contribution is 7.99. The van der Waals surface area contributed by atoms with E-state index in [9.17, 15) is 4.79 Å². The second-order valence-electron chi connectivity index (χ2n) is 7.50.